The van der Waals surface area contributed by atoms with Gasteiger partial charge < -0.3 is 44.0 Å². The number of fused-ring (bicyclic) bond motifs is 4. The van der Waals surface area contributed by atoms with E-state index in [0.717, 1.165) is 22.4 Å². The molecule has 0 spiro atoms. The summed E-state index contributed by atoms with van der Waals surface area (Å²) in [6, 6.07) is 19.9. The molecule has 320 valence electrons. The van der Waals surface area contributed by atoms with Crippen LogP contribution in [0.25, 0.3) is 0 Å². The van der Waals surface area contributed by atoms with Crippen LogP contribution in [0.4, 0.5) is 4.79 Å². The lowest BCUT2D eigenvalue weighted by atomic mass is 9.90. The van der Waals surface area contributed by atoms with E-state index >= 15 is 0 Å². The minimum absolute atomic E-state index is 0.195. The minimum atomic E-state index is -0.961. The normalized spacial score (nSPS) is 34.4. The van der Waals surface area contributed by atoms with Gasteiger partial charge in [-0.2, -0.15) is 23.5 Å². The van der Waals surface area contributed by atoms with Crippen LogP contribution in [0.5, 0.6) is 0 Å². The van der Waals surface area contributed by atoms with Crippen molar-refractivity contribution >= 4 is 63.5 Å². The first-order valence-corrected chi connectivity index (χ1v) is 23.5. The number of benzene rings is 2. The highest BCUT2D eigenvalue weighted by atomic mass is 32.2. The molecule has 0 aromatic heterocycles. The number of thioether (sulfide) groups is 4. The molecule has 4 fully saturated rings. The van der Waals surface area contributed by atoms with Crippen molar-refractivity contribution in [3.8, 4) is 0 Å². The minimum Gasteiger partial charge on any atom is -0.443 e. The molecule has 13 nitrogen and oxygen atoms in total. The number of nitrogens with one attached hydrogen (secondary N) is 1. The molecule has 58 heavy (non-hydrogen) atoms. The number of aliphatic hydroxyl groups excluding tert-OH is 2. The van der Waals surface area contributed by atoms with Gasteiger partial charge in [-0.1, -0.05) is 84.2 Å². The number of hydrogen-bond donors (Lipinski definition) is 3. The van der Waals surface area contributed by atoms with Crippen molar-refractivity contribution in [3.05, 3.63) is 71.8 Å². The van der Waals surface area contributed by atoms with Gasteiger partial charge >= 0.3 is 6.09 Å². The second kappa shape index (κ2) is 19.3. The first-order valence-electron chi connectivity index (χ1n) is 19.4. The van der Waals surface area contributed by atoms with E-state index in [2.05, 4.69) is 46.7 Å². The van der Waals surface area contributed by atoms with E-state index in [0.29, 0.717) is 10.9 Å². The van der Waals surface area contributed by atoms with E-state index in [1.54, 1.807) is 44.7 Å². The largest absolute Gasteiger partial charge is 0.443 e. The number of methoxy groups -OCH3 is 1. The summed E-state index contributed by atoms with van der Waals surface area (Å²) in [5.74, 6) is 2.17. The molecule has 5 heterocycles. The number of ether oxygens (including phenoxy) is 6. The van der Waals surface area contributed by atoms with Gasteiger partial charge in [-0.3, -0.25) is 14.9 Å². The third-order valence-corrected chi connectivity index (χ3v) is 15.1. The summed E-state index contributed by atoms with van der Waals surface area (Å²) in [4.78, 5) is 23.1. The molecule has 0 unspecified atom stereocenters. The van der Waals surface area contributed by atoms with Crippen molar-refractivity contribution < 1.29 is 43.4 Å². The highest BCUT2D eigenvalue weighted by Gasteiger charge is 2.61. The third kappa shape index (κ3) is 10.7. The molecule has 5 aliphatic rings. The summed E-state index contributed by atoms with van der Waals surface area (Å²) in [7, 11) is 5.00. The summed E-state index contributed by atoms with van der Waals surface area (Å²) >= 11 is 6.40. The van der Waals surface area contributed by atoms with Crippen LogP contribution in [0.2, 0.25) is 0 Å². The Morgan fingerprint density at radius 2 is 1.48 bits per heavy atom. The molecule has 17 heteroatoms. The van der Waals surface area contributed by atoms with Crippen LogP contribution >= 0.6 is 47.0 Å². The fourth-order valence-corrected chi connectivity index (χ4v) is 11.4. The van der Waals surface area contributed by atoms with Crippen LogP contribution in [0, 0.1) is 0 Å². The fraction of sp³-hybridized carbons (Fsp3) is 0.634. The van der Waals surface area contributed by atoms with E-state index in [9.17, 15) is 15.0 Å². The lowest BCUT2D eigenvalue weighted by Crippen LogP contribution is -2.70. The number of amidine groups is 2. The van der Waals surface area contributed by atoms with Gasteiger partial charge in [0.2, 0.25) is 0 Å². The zero-order valence-electron chi connectivity index (χ0n) is 34.6. The molecule has 2 aromatic rings. The Hall–Kier alpha value is -2.03. The summed E-state index contributed by atoms with van der Waals surface area (Å²) < 4.78 is 37.1. The number of amides is 1. The Balaban J connectivity index is 0.000000220. The Morgan fingerprint density at radius 1 is 0.897 bits per heavy atom. The topological polar surface area (TPSA) is 153 Å². The van der Waals surface area contributed by atoms with E-state index in [-0.39, 0.29) is 47.4 Å². The molecule has 4 saturated heterocycles. The van der Waals surface area contributed by atoms with Crippen molar-refractivity contribution in [2.45, 2.75) is 130 Å². The van der Waals surface area contributed by atoms with E-state index < -0.39 is 35.3 Å². The Bertz CT molecular complexity index is 1740. The second-order valence-electron chi connectivity index (χ2n) is 16.3. The highest BCUT2D eigenvalue weighted by Crippen LogP contribution is 2.48. The molecule has 11 atom stereocenters. The van der Waals surface area contributed by atoms with Gasteiger partial charge in [-0.15, -0.1) is 0 Å². The second-order valence-corrected chi connectivity index (χ2v) is 20.5. The van der Waals surface area contributed by atoms with Crippen molar-refractivity contribution in [1.29, 1.82) is 0 Å². The van der Waals surface area contributed by atoms with Gasteiger partial charge in [0.25, 0.3) is 0 Å². The number of nitrogens with zero attached hydrogens (tertiary/aromatic N) is 3. The van der Waals surface area contributed by atoms with Crippen molar-refractivity contribution in [1.82, 2.24) is 10.2 Å². The monoisotopic (exact) mass is 878 g/mol. The predicted octanol–water partition coefficient (Wildman–Crippen LogP) is 5.97. The van der Waals surface area contributed by atoms with Crippen molar-refractivity contribution in [2.75, 3.05) is 32.7 Å². The Kier molecular flexibility index (Phi) is 15.2. The average molecular weight is 879 g/mol. The molecule has 2 aromatic carbocycles. The summed E-state index contributed by atoms with van der Waals surface area (Å²) in [5, 5.41) is 24.9. The first kappa shape index (κ1) is 45.5. The quantitative estimate of drug-likeness (QED) is 0.272. The van der Waals surface area contributed by atoms with Crippen LogP contribution in [0.1, 0.15) is 52.7 Å². The molecule has 0 bridgehead atoms. The van der Waals surface area contributed by atoms with Gasteiger partial charge in [0.15, 0.2) is 16.1 Å². The number of aliphatic imine (C=N–C) groups is 2. The summed E-state index contributed by atoms with van der Waals surface area (Å²) in [6.45, 7) is 11.4. The molecule has 5 aliphatic heterocycles. The van der Waals surface area contributed by atoms with Gasteiger partial charge in [0, 0.05) is 44.2 Å². The first-order chi connectivity index (χ1) is 27.5. The highest BCUT2D eigenvalue weighted by molar-refractivity contribution is 8.14. The number of carbonyl (C=O) groups is 1. The molecule has 0 saturated carbocycles. The van der Waals surface area contributed by atoms with E-state index in [4.69, 9.17) is 33.4 Å². The van der Waals surface area contributed by atoms with Crippen LogP contribution in [-0.4, -0.2) is 141 Å². The molecule has 1 amide bonds. The third-order valence-electron chi connectivity index (χ3n) is 10.5. The smallest absolute Gasteiger partial charge is 0.416 e. The maximum absolute atomic E-state index is 12.7. The predicted molar refractivity (Wildman–Crippen MR) is 234 cm³/mol. The zero-order chi connectivity index (χ0) is 41.8. The number of carbonyl (C=O) groups excluding carboxylic acids is 1. The molecule has 0 aliphatic carbocycles. The standard InChI is InChI=1S/C26H38N2O6S2.C15H20N2O3S2/c1-24(2,3)34-23(29)28(7)22-27-18-20-19(32-25(4,5)26(6,30-8)33-20)17(31-21(18)36-22)15-35-14-16-12-10-9-11-13-16;1-16-15-17-11-13(19)12(18)10(20-14(11)22-15)8-21-7-9-5-3-2-4-6-9/h9-13,17-21H,14-15H2,1-8H3;2-6,10-14,18-19H,7-8H2,1H3,(H,16,17)/t17-,18-,19-,20-,21-,26+;10-,11-,12-,13-,14-/m11/s1. The number of hydrogen-bond acceptors (Lipinski definition) is 15. The zero-order valence-corrected chi connectivity index (χ0v) is 37.9. The summed E-state index contributed by atoms with van der Waals surface area (Å²) in [5.41, 5.74) is 0.706. The lowest BCUT2D eigenvalue weighted by Gasteiger charge is -2.56. The van der Waals surface area contributed by atoms with Gasteiger partial charge in [-0.05, 0) is 52.7 Å². The molecule has 0 radical (unpaired) electrons. The Morgan fingerprint density at radius 3 is 2.05 bits per heavy atom. The lowest BCUT2D eigenvalue weighted by molar-refractivity contribution is -0.402. The fourth-order valence-electron chi connectivity index (χ4n) is 6.98. The van der Waals surface area contributed by atoms with Gasteiger partial charge in [0.05, 0.1) is 18.2 Å². The van der Waals surface area contributed by atoms with Crippen LogP contribution in [-0.2, 0) is 39.9 Å². The van der Waals surface area contributed by atoms with Crippen LogP contribution in [0.3, 0.4) is 0 Å². The van der Waals surface area contributed by atoms with E-state index in [1.807, 2.05) is 65.8 Å². The van der Waals surface area contributed by atoms with Gasteiger partial charge in [-0.25, -0.2) is 4.79 Å². The van der Waals surface area contributed by atoms with Crippen molar-refractivity contribution in [3.63, 3.8) is 0 Å². The average Bonchev–Trinajstić information content (AvgIpc) is 3.82. The van der Waals surface area contributed by atoms with Gasteiger partial charge in [0.1, 0.15) is 52.5 Å². The molecular formula is C41H58N4O9S4. The van der Waals surface area contributed by atoms with Crippen LogP contribution < -0.4 is 5.32 Å². The number of aliphatic hydroxyl groups is 2. The van der Waals surface area contributed by atoms with Crippen LogP contribution in [0.15, 0.2) is 70.6 Å². The molecular weight excluding hydrogens is 821 g/mol. The molecule has 7 rings (SSSR count). The number of rotatable bonds is 9. The van der Waals surface area contributed by atoms with E-state index in [1.165, 1.54) is 39.6 Å². The maximum Gasteiger partial charge on any atom is 0.416 e. The van der Waals surface area contributed by atoms with Crippen molar-refractivity contribution in [2.24, 2.45) is 9.98 Å². The maximum atomic E-state index is 12.7. The summed E-state index contributed by atoms with van der Waals surface area (Å²) in [6.07, 6.45) is -3.47. The Labute approximate surface area is 359 Å². The SMILES string of the molecule is CN=C1N[C@@H]2[C@@H](O)[C@H](O)[C@@H](CSCc3ccccc3)O[C@@H]2S1.CO[C@@]1(C)O[C@@H]2[C@H]3N=C(N(C)C(=O)OC(C)(C)C)S[C@H]3O[C@H](CSCc3ccccc3)[C@H]2OC1(C)C. The molecule has 3 N–H and O–H groups in total.